The zero-order valence-electron chi connectivity index (χ0n) is 11.8. The fraction of sp³-hybridized carbons (Fsp3) is 0.857. The van der Waals surface area contributed by atoms with Gasteiger partial charge < -0.3 is 20.3 Å². The maximum Gasteiger partial charge on any atom is 0.318 e. The average molecular weight is 281 g/mol. The number of carbonyl (C=O) groups is 2. The van der Waals surface area contributed by atoms with Crippen molar-refractivity contribution in [3.05, 3.63) is 0 Å². The lowest BCUT2D eigenvalue weighted by atomic mass is 10.2. The van der Waals surface area contributed by atoms with E-state index in [1.165, 1.54) is 12.8 Å². The lowest BCUT2D eigenvalue weighted by Gasteiger charge is -2.35. The highest BCUT2D eigenvalue weighted by Crippen LogP contribution is 2.21. The van der Waals surface area contributed by atoms with E-state index in [2.05, 4.69) is 10.6 Å². The van der Waals surface area contributed by atoms with E-state index in [1.54, 1.807) is 4.90 Å². The number of hydrogen-bond donors (Lipinski definition) is 2. The van der Waals surface area contributed by atoms with Crippen molar-refractivity contribution in [3.63, 3.8) is 0 Å². The number of morpholine rings is 1. The van der Waals surface area contributed by atoms with Gasteiger partial charge in [0, 0.05) is 18.6 Å². The molecule has 3 rings (SSSR count). The van der Waals surface area contributed by atoms with Gasteiger partial charge in [-0.3, -0.25) is 4.79 Å². The fourth-order valence-electron chi connectivity index (χ4n) is 2.92. The third kappa shape index (κ3) is 3.23. The summed E-state index contributed by atoms with van der Waals surface area (Å²) in [6, 6.07) is -0.0106. The van der Waals surface area contributed by atoms with Crippen molar-refractivity contribution in [2.75, 3.05) is 19.8 Å². The maximum atomic E-state index is 12.3. The van der Waals surface area contributed by atoms with E-state index < -0.39 is 6.04 Å². The molecule has 3 aliphatic rings. The molecule has 2 aliphatic carbocycles. The van der Waals surface area contributed by atoms with Gasteiger partial charge in [0.1, 0.15) is 6.04 Å². The van der Waals surface area contributed by atoms with Gasteiger partial charge in [0.15, 0.2) is 0 Å². The van der Waals surface area contributed by atoms with Crippen LogP contribution in [-0.2, 0) is 9.53 Å². The number of hydrogen-bond acceptors (Lipinski definition) is 3. The SMILES string of the molecule is O=C(NC1CC1)C1COCCN1C(=O)NC1CCCC1. The third-order valence-electron chi connectivity index (χ3n) is 4.30. The van der Waals surface area contributed by atoms with Crippen LogP contribution >= 0.6 is 0 Å². The molecule has 1 atom stereocenters. The van der Waals surface area contributed by atoms with Crippen LogP contribution in [0.15, 0.2) is 0 Å². The molecule has 2 saturated carbocycles. The predicted molar refractivity (Wildman–Crippen MR) is 73.3 cm³/mol. The molecule has 3 amide bonds. The van der Waals surface area contributed by atoms with Gasteiger partial charge in [-0.25, -0.2) is 4.79 Å². The highest BCUT2D eigenvalue weighted by molar-refractivity contribution is 5.87. The van der Waals surface area contributed by atoms with Gasteiger partial charge in [0.25, 0.3) is 0 Å². The first kappa shape index (κ1) is 13.7. The van der Waals surface area contributed by atoms with E-state index in [4.69, 9.17) is 4.74 Å². The summed E-state index contributed by atoms with van der Waals surface area (Å²) in [4.78, 5) is 26.2. The van der Waals surface area contributed by atoms with Crippen LogP contribution in [-0.4, -0.2) is 54.7 Å². The fourth-order valence-corrected chi connectivity index (χ4v) is 2.92. The lowest BCUT2D eigenvalue weighted by molar-refractivity contribution is -0.130. The van der Waals surface area contributed by atoms with Gasteiger partial charge in [0.05, 0.1) is 13.2 Å². The molecule has 6 nitrogen and oxygen atoms in total. The number of ether oxygens (including phenoxy) is 1. The Morgan fingerprint density at radius 2 is 1.70 bits per heavy atom. The Kier molecular flexibility index (Phi) is 4.10. The summed E-state index contributed by atoms with van der Waals surface area (Å²) in [7, 11) is 0. The second-order valence-corrected chi connectivity index (χ2v) is 6.00. The number of rotatable bonds is 3. The molecule has 0 aromatic carbocycles. The highest BCUT2D eigenvalue weighted by Gasteiger charge is 2.36. The van der Waals surface area contributed by atoms with Crippen LogP contribution in [0.1, 0.15) is 38.5 Å². The Bertz CT molecular complexity index is 378. The monoisotopic (exact) mass is 281 g/mol. The Morgan fingerprint density at radius 3 is 2.40 bits per heavy atom. The molecular weight excluding hydrogens is 258 g/mol. The van der Waals surface area contributed by atoms with Gasteiger partial charge in [-0.05, 0) is 25.7 Å². The number of nitrogens with zero attached hydrogens (tertiary/aromatic N) is 1. The Labute approximate surface area is 119 Å². The van der Waals surface area contributed by atoms with Crippen molar-refractivity contribution in [2.24, 2.45) is 0 Å². The first-order valence-corrected chi connectivity index (χ1v) is 7.69. The van der Waals surface area contributed by atoms with E-state index in [0.717, 1.165) is 25.7 Å². The topological polar surface area (TPSA) is 70.7 Å². The van der Waals surface area contributed by atoms with Crippen molar-refractivity contribution in [2.45, 2.75) is 56.7 Å². The second kappa shape index (κ2) is 5.99. The van der Waals surface area contributed by atoms with Crippen LogP contribution in [0.4, 0.5) is 4.79 Å². The van der Waals surface area contributed by atoms with Gasteiger partial charge >= 0.3 is 6.03 Å². The molecule has 0 aromatic rings. The molecule has 0 spiro atoms. The zero-order chi connectivity index (χ0) is 13.9. The number of carbonyl (C=O) groups excluding carboxylic acids is 2. The smallest absolute Gasteiger partial charge is 0.318 e. The quantitative estimate of drug-likeness (QED) is 0.796. The van der Waals surface area contributed by atoms with E-state index >= 15 is 0 Å². The summed E-state index contributed by atoms with van der Waals surface area (Å²) in [6.45, 7) is 1.29. The van der Waals surface area contributed by atoms with Crippen LogP contribution in [0.3, 0.4) is 0 Å². The molecule has 2 N–H and O–H groups in total. The molecule has 3 fully saturated rings. The summed E-state index contributed by atoms with van der Waals surface area (Å²) in [5.74, 6) is -0.0752. The summed E-state index contributed by atoms with van der Waals surface area (Å²) in [6.07, 6.45) is 6.56. The maximum absolute atomic E-state index is 12.3. The number of nitrogens with one attached hydrogen (secondary N) is 2. The minimum Gasteiger partial charge on any atom is -0.377 e. The first-order chi connectivity index (χ1) is 9.74. The van der Waals surface area contributed by atoms with Crippen molar-refractivity contribution in [3.8, 4) is 0 Å². The van der Waals surface area contributed by atoms with Gasteiger partial charge in [-0.2, -0.15) is 0 Å². The molecule has 20 heavy (non-hydrogen) atoms. The van der Waals surface area contributed by atoms with Crippen LogP contribution in [0.5, 0.6) is 0 Å². The van der Waals surface area contributed by atoms with E-state index in [1.807, 2.05) is 0 Å². The molecule has 0 aromatic heterocycles. The summed E-state index contributed by atoms with van der Waals surface area (Å²) in [5.41, 5.74) is 0. The molecule has 1 unspecified atom stereocenters. The highest BCUT2D eigenvalue weighted by atomic mass is 16.5. The molecule has 0 bridgehead atoms. The van der Waals surface area contributed by atoms with Crippen LogP contribution in [0, 0.1) is 0 Å². The summed E-state index contributed by atoms with van der Waals surface area (Å²) in [5, 5.41) is 6.02. The minimum absolute atomic E-state index is 0.0752. The van der Waals surface area contributed by atoms with Crippen LogP contribution < -0.4 is 10.6 Å². The largest absolute Gasteiger partial charge is 0.377 e. The third-order valence-corrected chi connectivity index (χ3v) is 4.30. The molecule has 112 valence electrons. The second-order valence-electron chi connectivity index (χ2n) is 6.00. The lowest BCUT2D eigenvalue weighted by Crippen LogP contribution is -2.59. The van der Waals surface area contributed by atoms with Crippen molar-refractivity contribution in [1.82, 2.24) is 15.5 Å². The van der Waals surface area contributed by atoms with E-state index in [0.29, 0.717) is 25.8 Å². The Hall–Kier alpha value is -1.30. The molecule has 1 heterocycles. The van der Waals surface area contributed by atoms with Gasteiger partial charge in [0.2, 0.25) is 5.91 Å². The zero-order valence-corrected chi connectivity index (χ0v) is 11.8. The summed E-state index contributed by atoms with van der Waals surface area (Å²) >= 11 is 0. The standard InChI is InChI=1S/C14H23N3O3/c18-13(15-11-5-6-11)12-9-20-8-7-17(12)14(19)16-10-3-1-2-4-10/h10-12H,1-9H2,(H,15,18)(H,16,19). The molecule has 6 heteroatoms. The van der Waals surface area contributed by atoms with E-state index in [9.17, 15) is 9.59 Å². The molecule has 1 saturated heterocycles. The first-order valence-electron chi connectivity index (χ1n) is 7.69. The molecule has 1 aliphatic heterocycles. The van der Waals surface area contributed by atoms with Gasteiger partial charge in [-0.15, -0.1) is 0 Å². The van der Waals surface area contributed by atoms with Crippen molar-refractivity contribution >= 4 is 11.9 Å². The average Bonchev–Trinajstić information content (AvgIpc) is 3.12. The number of amides is 3. The van der Waals surface area contributed by atoms with Crippen molar-refractivity contribution in [1.29, 1.82) is 0 Å². The summed E-state index contributed by atoms with van der Waals surface area (Å²) < 4.78 is 5.37. The van der Waals surface area contributed by atoms with Crippen LogP contribution in [0.2, 0.25) is 0 Å². The molecular formula is C14H23N3O3. The normalized spacial score (nSPS) is 27.4. The molecule has 0 radical (unpaired) electrons. The minimum atomic E-state index is -0.481. The Balaban J connectivity index is 1.58. The number of urea groups is 1. The van der Waals surface area contributed by atoms with Crippen molar-refractivity contribution < 1.29 is 14.3 Å². The Morgan fingerprint density at radius 1 is 1.00 bits per heavy atom. The van der Waals surface area contributed by atoms with Gasteiger partial charge in [-0.1, -0.05) is 12.8 Å². The predicted octanol–water partition coefficient (Wildman–Crippen LogP) is 0.618. The van der Waals surface area contributed by atoms with E-state index in [-0.39, 0.29) is 18.0 Å². The van der Waals surface area contributed by atoms with Crippen LogP contribution in [0.25, 0.3) is 0 Å².